The second-order valence-corrected chi connectivity index (χ2v) is 15.6. The van der Waals surface area contributed by atoms with E-state index >= 15 is 0 Å². The standard InChI is InChI=1S/C35H42N8O5S/c1-22-28-13-12-26(19-29(28)39(7)37-22)32-23(2)38-43-31(20-30(36-33(32)43)41-16-14-40(15-17-41)24(3)44)42(34(45)48-35(4,5)6)21-25-10-9-11-27(18-25)49(8,46)47/h9-13,18-20H,14-17,21H2,1-8H3. The first-order valence-electron chi connectivity index (χ1n) is 16.1. The van der Waals surface area contributed by atoms with Crippen LogP contribution in [-0.4, -0.2) is 87.7 Å². The quantitative estimate of drug-likeness (QED) is 0.244. The molecule has 1 aliphatic rings. The lowest BCUT2D eigenvalue weighted by Gasteiger charge is -2.35. The molecule has 1 aliphatic heterocycles. The molecule has 0 saturated carbocycles. The minimum Gasteiger partial charge on any atom is -0.443 e. The zero-order valence-electron chi connectivity index (χ0n) is 29.2. The number of ether oxygens (including phenoxy) is 1. The van der Waals surface area contributed by atoms with Crippen LogP contribution < -0.4 is 9.80 Å². The third kappa shape index (κ3) is 6.82. The normalized spacial score (nSPS) is 14.1. The van der Waals surface area contributed by atoms with Crippen LogP contribution in [0.1, 0.15) is 44.6 Å². The molecule has 3 aromatic heterocycles. The molecule has 0 aliphatic carbocycles. The summed E-state index contributed by atoms with van der Waals surface area (Å²) in [5.41, 5.74) is 4.61. The number of rotatable bonds is 6. The molecule has 2 aromatic carbocycles. The molecule has 2 amide bonds. The average molecular weight is 687 g/mol. The highest BCUT2D eigenvalue weighted by atomic mass is 32.2. The summed E-state index contributed by atoms with van der Waals surface area (Å²) < 4.78 is 34.3. The Bertz CT molecular complexity index is 2210. The van der Waals surface area contributed by atoms with Crippen molar-refractivity contribution in [3.63, 3.8) is 0 Å². The first kappa shape index (κ1) is 33.9. The van der Waals surface area contributed by atoms with Gasteiger partial charge < -0.3 is 14.5 Å². The van der Waals surface area contributed by atoms with Crippen LogP contribution in [0.25, 0.3) is 27.7 Å². The summed E-state index contributed by atoms with van der Waals surface area (Å²) in [6.45, 7) is 13.0. The Morgan fingerprint density at radius 1 is 0.959 bits per heavy atom. The van der Waals surface area contributed by atoms with E-state index in [9.17, 15) is 18.0 Å². The van der Waals surface area contributed by atoms with Crippen LogP contribution in [0.3, 0.4) is 0 Å². The number of benzene rings is 2. The average Bonchev–Trinajstić information content (AvgIpc) is 3.51. The number of hydrogen-bond donors (Lipinski definition) is 0. The van der Waals surface area contributed by atoms with Crippen LogP contribution in [0.2, 0.25) is 0 Å². The molecule has 5 aromatic rings. The summed E-state index contributed by atoms with van der Waals surface area (Å²) in [6.07, 6.45) is 0.527. The van der Waals surface area contributed by atoms with Crippen LogP contribution in [-0.2, 0) is 33.0 Å². The highest BCUT2D eigenvalue weighted by molar-refractivity contribution is 7.90. The summed E-state index contributed by atoms with van der Waals surface area (Å²) in [6, 6.07) is 14.5. The summed E-state index contributed by atoms with van der Waals surface area (Å²) in [5, 5.41) is 10.6. The fourth-order valence-electron chi connectivity index (χ4n) is 6.24. The Hall–Kier alpha value is -4.98. The van der Waals surface area contributed by atoms with Crippen molar-refractivity contribution < 1.29 is 22.7 Å². The van der Waals surface area contributed by atoms with E-state index in [0.29, 0.717) is 54.7 Å². The lowest BCUT2D eigenvalue weighted by atomic mass is 10.0. The summed E-state index contributed by atoms with van der Waals surface area (Å²) in [5.74, 6) is 1.04. The van der Waals surface area contributed by atoms with E-state index in [1.807, 2.05) is 43.8 Å². The van der Waals surface area contributed by atoms with Crippen LogP contribution in [0, 0.1) is 13.8 Å². The Morgan fingerprint density at radius 2 is 1.67 bits per heavy atom. The van der Waals surface area contributed by atoms with E-state index in [1.165, 1.54) is 11.0 Å². The summed E-state index contributed by atoms with van der Waals surface area (Å²) in [4.78, 5) is 36.9. The second-order valence-electron chi connectivity index (χ2n) is 13.6. The Morgan fingerprint density at radius 3 is 2.33 bits per heavy atom. The molecule has 0 spiro atoms. The molecule has 0 radical (unpaired) electrons. The van der Waals surface area contributed by atoms with Gasteiger partial charge >= 0.3 is 6.09 Å². The molecule has 1 fully saturated rings. The number of carbonyl (C=O) groups is 2. The predicted octanol–water partition coefficient (Wildman–Crippen LogP) is 4.91. The SMILES string of the molecule is CC(=O)N1CCN(c2cc(N(Cc3cccc(S(C)(=O)=O)c3)C(=O)OC(C)(C)C)n3nc(C)c(-c4ccc5c(C)nn(C)c5c4)c3n2)CC1. The Kier molecular flexibility index (Phi) is 8.63. The zero-order chi connectivity index (χ0) is 35.4. The van der Waals surface area contributed by atoms with Crippen LogP contribution in [0.4, 0.5) is 16.4 Å². The second kappa shape index (κ2) is 12.5. The number of nitrogens with zero attached hydrogens (tertiary/aromatic N) is 8. The number of carbonyl (C=O) groups excluding carboxylic acids is 2. The molecule has 6 rings (SSSR count). The number of anilines is 2. The third-order valence-corrected chi connectivity index (χ3v) is 9.77. The molecular weight excluding hydrogens is 645 g/mol. The molecule has 0 atom stereocenters. The highest BCUT2D eigenvalue weighted by Gasteiger charge is 2.30. The molecule has 49 heavy (non-hydrogen) atoms. The van der Waals surface area contributed by atoms with E-state index in [-0.39, 0.29) is 17.3 Å². The smallest absolute Gasteiger partial charge is 0.416 e. The number of fused-ring (bicyclic) bond motifs is 2. The van der Waals surface area contributed by atoms with Gasteiger partial charge in [0.1, 0.15) is 17.2 Å². The van der Waals surface area contributed by atoms with E-state index in [4.69, 9.17) is 14.8 Å². The summed E-state index contributed by atoms with van der Waals surface area (Å²) in [7, 11) is -1.58. The zero-order valence-corrected chi connectivity index (χ0v) is 30.0. The first-order valence-corrected chi connectivity index (χ1v) is 18.0. The number of amides is 2. The van der Waals surface area contributed by atoms with Crippen molar-refractivity contribution in [3.8, 4) is 11.1 Å². The number of aromatic nitrogens is 5. The molecule has 0 N–H and O–H groups in total. The van der Waals surface area contributed by atoms with Crippen molar-refractivity contribution in [2.45, 2.75) is 58.6 Å². The molecule has 1 saturated heterocycles. The maximum Gasteiger partial charge on any atom is 0.416 e. The maximum atomic E-state index is 14.1. The number of piperazine rings is 1. The van der Waals surface area contributed by atoms with Crippen LogP contribution >= 0.6 is 0 Å². The lowest BCUT2D eigenvalue weighted by molar-refractivity contribution is -0.129. The van der Waals surface area contributed by atoms with Crippen molar-refractivity contribution in [3.05, 3.63) is 65.5 Å². The van der Waals surface area contributed by atoms with E-state index in [1.54, 1.807) is 55.3 Å². The topological polar surface area (TPSA) is 135 Å². The first-order chi connectivity index (χ1) is 23.0. The Balaban J connectivity index is 1.56. The van der Waals surface area contributed by atoms with E-state index < -0.39 is 21.5 Å². The van der Waals surface area contributed by atoms with Gasteiger partial charge in [0.2, 0.25) is 5.91 Å². The Labute approximate surface area is 286 Å². The van der Waals surface area contributed by atoms with Gasteiger partial charge in [0.05, 0.1) is 28.3 Å². The third-order valence-electron chi connectivity index (χ3n) is 8.66. The molecule has 13 nitrogen and oxygen atoms in total. The minimum atomic E-state index is -3.49. The maximum absolute atomic E-state index is 14.1. The fourth-order valence-corrected chi connectivity index (χ4v) is 6.94. The monoisotopic (exact) mass is 686 g/mol. The van der Waals surface area contributed by atoms with Crippen LogP contribution in [0.5, 0.6) is 0 Å². The van der Waals surface area contributed by atoms with Crippen molar-refractivity contribution in [1.82, 2.24) is 29.3 Å². The number of sulfone groups is 1. The fraction of sp³-hybridized carbons (Fsp3) is 0.400. The van der Waals surface area contributed by atoms with Crippen LogP contribution in [0.15, 0.2) is 53.4 Å². The van der Waals surface area contributed by atoms with Gasteiger partial charge in [-0.2, -0.15) is 14.7 Å². The molecule has 0 unspecified atom stereocenters. The molecular formula is C35H42N8O5S. The van der Waals surface area contributed by atoms with Crippen molar-refractivity contribution in [1.29, 1.82) is 0 Å². The lowest BCUT2D eigenvalue weighted by Crippen LogP contribution is -2.48. The van der Waals surface area contributed by atoms with Gasteiger partial charge in [0.15, 0.2) is 15.5 Å². The molecule has 0 bridgehead atoms. The van der Waals surface area contributed by atoms with Crippen molar-refractivity contribution in [2.24, 2.45) is 7.05 Å². The largest absolute Gasteiger partial charge is 0.443 e. The number of aryl methyl sites for hydroxylation is 3. The van der Waals surface area contributed by atoms with E-state index in [2.05, 4.69) is 16.1 Å². The van der Waals surface area contributed by atoms with Gasteiger partial charge in [-0.3, -0.25) is 14.4 Å². The van der Waals surface area contributed by atoms with Gasteiger partial charge in [-0.05, 0) is 63.9 Å². The van der Waals surface area contributed by atoms with Gasteiger partial charge in [0.25, 0.3) is 0 Å². The van der Waals surface area contributed by atoms with Crippen molar-refractivity contribution >= 4 is 50.0 Å². The molecule has 258 valence electrons. The predicted molar refractivity (Wildman–Crippen MR) is 189 cm³/mol. The number of hydrogen-bond acceptors (Lipinski definition) is 9. The minimum absolute atomic E-state index is 0.00341. The van der Waals surface area contributed by atoms with Crippen molar-refractivity contribution in [2.75, 3.05) is 42.2 Å². The summed E-state index contributed by atoms with van der Waals surface area (Å²) >= 11 is 0. The van der Waals surface area contributed by atoms with Gasteiger partial charge in [-0.15, -0.1) is 0 Å². The van der Waals surface area contributed by atoms with Gasteiger partial charge in [-0.1, -0.05) is 24.3 Å². The van der Waals surface area contributed by atoms with E-state index in [0.717, 1.165) is 34.0 Å². The molecule has 4 heterocycles. The van der Waals surface area contributed by atoms with Gasteiger partial charge in [-0.25, -0.2) is 18.2 Å². The highest BCUT2D eigenvalue weighted by Crippen LogP contribution is 2.35. The molecule has 14 heteroatoms. The van der Waals surface area contributed by atoms with Gasteiger partial charge in [0, 0.05) is 63.4 Å².